The first-order valence-electron chi connectivity index (χ1n) is 8.09. The van der Waals surface area contributed by atoms with Gasteiger partial charge in [-0.3, -0.25) is 4.68 Å². The summed E-state index contributed by atoms with van der Waals surface area (Å²) in [5.41, 5.74) is 7.36. The SMILES string of the molecule is CCCCCCCCCC(N)c1c(OC)cnn1CC. The first-order chi connectivity index (χ1) is 9.74. The van der Waals surface area contributed by atoms with E-state index in [-0.39, 0.29) is 6.04 Å². The number of nitrogens with two attached hydrogens (primary N) is 1. The van der Waals surface area contributed by atoms with Crippen molar-refractivity contribution in [3.8, 4) is 5.75 Å². The Bertz CT molecular complexity index is 341. The third-order valence-electron chi connectivity index (χ3n) is 3.83. The molecule has 0 aliphatic carbocycles. The van der Waals surface area contributed by atoms with Crippen molar-refractivity contribution >= 4 is 0 Å². The molecule has 116 valence electrons. The van der Waals surface area contributed by atoms with Gasteiger partial charge in [0.2, 0.25) is 0 Å². The van der Waals surface area contributed by atoms with E-state index in [1.807, 2.05) is 4.68 Å². The fourth-order valence-corrected chi connectivity index (χ4v) is 2.62. The van der Waals surface area contributed by atoms with Gasteiger partial charge in [0, 0.05) is 6.54 Å². The van der Waals surface area contributed by atoms with E-state index in [4.69, 9.17) is 10.5 Å². The summed E-state index contributed by atoms with van der Waals surface area (Å²) in [6.07, 6.45) is 12.0. The molecule has 1 rings (SSSR count). The zero-order valence-electron chi connectivity index (χ0n) is 13.4. The second-order valence-electron chi connectivity index (χ2n) is 5.43. The van der Waals surface area contributed by atoms with Crippen molar-refractivity contribution in [2.45, 2.75) is 77.8 Å². The molecule has 20 heavy (non-hydrogen) atoms. The Morgan fingerprint density at radius 2 is 1.80 bits per heavy atom. The molecule has 0 fully saturated rings. The smallest absolute Gasteiger partial charge is 0.161 e. The second kappa shape index (κ2) is 9.81. The zero-order valence-corrected chi connectivity index (χ0v) is 13.4. The zero-order chi connectivity index (χ0) is 14.8. The highest BCUT2D eigenvalue weighted by Crippen LogP contribution is 2.27. The van der Waals surface area contributed by atoms with Crippen LogP contribution in [-0.2, 0) is 6.54 Å². The molecule has 1 heterocycles. The highest BCUT2D eigenvalue weighted by atomic mass is 16.5. The van der Waals surface area contributed by atoms with Gasteiger partial charge in [0.15, 0.2) is 5.75 Å². The van der Waals surface area contributed by atoms with E-state index in [0.717, 1.165) is 24.4 Å². The molecule has 0 saturated heterocycles. The molecule has 0 aliphatic heterocycles. The first-order valence-corrected chi connectivity index (χ1v) is 8.09. The molecule has 1 aromatic heterocycles. The fourth-order valence-electron chi connectivity index (χ4n) is 2.62. The summed E-state index contributed by atoms with van der Waals surface area (Å²) in [6.45, 7) is 5.17. The Morgan fingerprint density at radius 1 is 1.15 bits per heavy atom. The number of unbranched alkanes of at least 4 members (excludes halogenated alkanes) is 6. The summed E-state index contributed by atoms with van der Waals surface area (Å²) < 4.78 is 7.31. The van der Waals surface area contributed by atoms with Crippen LogP contribution in [0.15, 0.2) is 6.20 Å². The molecule has 2 N–H and O–H groups in total. The van der Waals surface area contributed by atoms with E-state index >= 15 is 0 Å². The number of rotatable bonds is 11. The molecular formula is C16H31N3O. The molecule has 4 heteroatoms. The number of ether oxygens (including phenoxy) is 1. The molecule has 0 aliphatic rings. The highest BCUT2D eigenvalue weighted by Gasteiger charge is 2.17. The number of aromatic nitrogens is 2. The Labute approximate surface area is 123 Å². The maximum Gasteiger partial charge on any atom is 0.161 e. The van der Waals surface area contributed by atoms with Crippen molar-refractivity contribution in [3.63, 3.8) is 0 Å². The molecule has 0 bridgehead atoms. The van der Waals surface area contributed by atoms with Crippen molar-refractivity contribution in [2.75, 3.05) is 7.11 Å². The molecule has 1 atom stereocenters. The predicted octanol–water partition coefficient (Wildman–Crippen LogP) is 4.05. The van der Waals surface area contributed by atoms with Crippen LogP contribution in [0, 0.1) is 0 Å². The van der Waals surface area contributed by atoms with Gasteiger partial charge in [-0.2, -0.15) is 5.10 Å². The Balaban J connectivity index is 2.32. The van der Waals surface area contributed by atoms with Crippen molar-refractivity contribution in [1.82, 2.24) is 9.78 Å². The lowest BCUT2D eigenvalue weighted by atomic mass is 10.0. The average Bonchev–Trinajstić information content (AvgIpc) is 2.89. The predicted molar refractivity (Wildman–Crippen MR) is 84.0 cm³/mol. The van der Waals surface area contributed by atoms with Gasteiger partial charge < -0.3 is 10.5 Å². The fraction of sp³-hybridized carbons (Fsp3) is 0.812. The number of hydrogen-bond acceptors (Lipinski definition) is 3. The summed E-state index contributed by atoms with van der Waals surface area (Å²) in [5, 5.41) is 4.32. The number of methoxy groups -OCH3 is 1. The van der Waals surface area contributed by atoms with E-state index in [1.165, 1.54) is 44.9 Å². The van der Waals surface area contributed by atoms with E-state index in [1.54, 1.807) is 13.3 Å². The van der Waals surface area contributed by atoms with Crippen LogP contribution in [0.25, 0.3) is 0 Å². The molecule has 1 aromatic rings. The maximum atomic E-state index is 6.31. The Morgan fingerprint density at radius 3 is 2.40 bits per heavy atom. The van der Waals surface area contributed by atoms with Gasteiger partial charge in [-0.15, -0.1) is 0 Å². The molecule has 0 spiro atoms. The van der Waals surface area contributed by atoms with Gasteiger partial charge in [-0.05, 0) is 13.3 Å². The lowest BCUT2D eigenvalue weighted by molar-refractivity contribution is 0.397. The van der Waals surface area contributed by atoms with Gasteiger partial charge in [-0.1, -0.05) is 51.9 Å². The van der Waals surface area contributed by atoms with Crippen LogP contribution in [0.1, 0.15) is 76.9 Å². The van der Waals surface area contributed by atoms with Crippen LogP contribution in [0.4, 0.5) is 0 Å². The third kappa shape index (κ3) is 5.16. The van der Waals surface area contributed by atoms with Crippen molar-refractivity contribution < 1.29 is 4.74 Å². The van der Waals surface area contributed by atoms with Crippen molar-refractivity contribution in [1.29, 1.82) is 0 Å². The van der Waals surface area contributed by atoms with E-state index in [9.17, 15) is 0 Å². The van der Waals surface area contributed by atoms with Crippen LogP contribution in [0.2, 0.25) is 0 Å². The number of hydrogen-bond donors (Lipinski definition) is 1. The molecule has 0 aromatic carbocycles. The first kappa shape index (κ1) is 17.0. The van der Waals surface area contributed by atoms with Crippen molar-refractivity contribution in [3.05, 3.63) is 11.9 Å². The summed E-state index contributed by atoms with van der Waals surface area (Å²) >= 11 is 0. The normalized spacial score (nSPS) is 12.6. The standard InChI is InChI=1S/C16H31N3O/c1-4-6-7-8-9-10-11-12-14(17)16-15(20-3)13-18-19(16)5-2/h13-14H,4-12,17H2,1-3H3. The van der Waals surface area contributed by atoms with Crippen LogP contribution >= 0.6 is 0 Å². The topological polar surface area (TPSA) is 53.1 Å². The summed E-state index contributed by atoms with van der Waals surface area (Å²) in [7, 11) is 1.68. The second-order valence-corrected chi connectivity index (χ2v) is 5.43. The van der Waals surface area contributed by atoms with Crippen LogP contribution < -0.4 is 10.5 Å². The Hall–Kier alpha value is -1.03. The van der Waals surface area contributed by atoms with Gasteiger partial charge in [0.05, 0.1) is 25.0 Å². The summed E-state index contributed by atoms with van der Waals surface area (Å²) in [6, 6.07) is 0.0306. The summed E-state index contributed by atoms with van der Waals surface area (Å²) in [5.74, 6) is 0.822. The lowest BCUT2D eigenvalue weighted by Gasteiger charge is -2.15. The minimum absolute atomic E-state index is 0.0306. The van der Waals surface area contributed by atoms with Crippen LogP contribution in [-0.4, -0.2) is 16.9 Å². The van der Waals surface area contributed by atoms with E-state index < -0.39 is 0 Å². The highest BCUT2D eigenvalue weighted by molar-refractivity contribution is 5.28. The van der Waals surface area contributed by atoms with Gasteiger partial charge in [-0.25, -0.2) is 0 Å². The minimum atomic E-state index is 0.0306. The largest absolute Gasteiger partial charge is 0.493 e. The maximum absolute atomic E-state index is 6.31. The van der Waals surface area contributed by atoms with Crippen molar-refractivity contribution in [2.24, 2.45) is 5.73 Å². The van der Waals surface area contributed by atoms with Gasteiger partial charge in [0.25, 0.3) is 0 Å². The molecule has 0 saturated carbocycles. The minimum Gasteiger partial charge on any atom is -0.493 e. The summed E-state index contributed by atoms with van der Waals surface area (Å²) in [4.78, 5) is 0. The van der Waals surface area contributed by atoms with Crippen LogP contribution in [0.3, 0.4) is 0 Å². The monoisotopic (exact) mass is 281 g/mol. The molecule has 1 unspecified atom stereocenters. The van der Waals surface area contributed by atoms with E-state index in [2.05, 4.69) is 18.9 Å². The average molecular weight is 281 g/mol. The molecule has 0 amide bonds. The number of nitrogens with zero attached hydrogens (tertiary/aromatic N) is 2. The Kier molecular flexibility index (Phi) is 8.35. The van der Waals surface area contributed by atoms with Gasteiger partial charge in [0.1, 0.15) is 0 Å². The molecule has 0 radical (unpaired) electrons. The van der Waals surface area contributed by atoms with Crippen LogP contribution in [0.5, 0.6) is 5.75 Å². The van der Waals surface area contributed by atoms with Gasteiger partial charge >= 0.3 is 0 Å². The van der Waals surface area contributed by atoms with E-state index in [0.29, 0.717) is 0 Å². The third-order valence-corrected chi connectivity index (χ3v) is 3.83. The number of aryl methyl sites for hydroxylation is 1. The molecule has 4 nitrogen and oxygen atoms in total. The molecular weight excluding hydrogens is 250 g/mol. The lowest BCUT2D eigenvalue weighted by Crippen LogP contribution is -2.16. The quantitative estimate of drug-likeness (QED) is 0.622.